The molecule has 1 N–H and O–H groups in total. The molecule has 2 aromatic rings. The maximum atomic E-state index is 13.0. The highest BCUT2D eigenvalue weighted by Gasteiger charge is 2.52. The smallest absolute Gasteiger partial charge is 0.320 e. The molecule has 0 unspecified atom stereocenters. The molecular weight excluding hydrogens is 570 g/mol. The first-order chi connectivity index (χ1) is 14.9. The second-order valence-electron chi connectivity index (χ2n) is 7.56. The maximum absolute atomic E-state index is 13.0. The SMILES string of the molecule is CCCCCCCOC(=O)[C@H]1Sc2[nH]c(=O)sc2[C@H]2c3cc(Br)cc(Br)c3OC(=O)[C@H]21. The van der Waals surface area contributed by atoms with Gasteiger partial charge in [0, 0.05) is 20.8 Å². The number of hydrogen-bond donors (Lipinski definition) is 1. The second kappa shape index (κ2) is 9.80. The summed E-state index contributed by atoms with van der Waals surface area (Å²) < 4.78 is 12.6. The van der Waals surface area contributed by atoms with E-state index >= 15 is 0 Å². The van der Waals surface area contributed by atoms with Crippen molar-refractivity contribution in [3.63, 3.8) is 0 Å². The molecule has 0 spiro atoms. The quantitative estimate of drug-likeness (QED) is 0.256. The van der Waals surface area contributed by atoms with Crippen LogP contribution in [-0.4, -0.2) is 28.8 Å². The van der Waals surface area contributed by atoms with Crippen LogP contribution < -0.4 is 9.61 Å². The van der Waals surface area contributed by atoms with E-state index in [0.29, 0.717) is 21.9 Å². The number of aromatic nitrogens is 1. The minimum absolute atomic E-state index is 0.212. The largest absolute Gasteiger partial charge is 0.465 e. The van der Waals surface area contributed by atoms with Gasteiger partial charge in [0.05, 0.1) is 22.0 Å². The van der Waals surface area contributed by atoms with E-state index in [2.05, 4.69) is 43.8 Å². The van der Waals surface area contributed by atoms with Gasteiger partial charge in [-0.1, -0.05) is 71.6 Å². The van der Waals surface area contributed by atoms with Crippen molar-refractivity contribution in [3.8, 4) is 5.75 Å². The molecule has 0 bridgehead atoms. The summed E-state index contributed by atoms with van der Waals surface area (Å²) in [5.74, 6) is -1.71. The molecule has 1 aromatic heterocycles. The van der Waals surface area contributed by atoms with Gasteiger partial charge in [-0.3, -0.25) is 14.4 Å². The number of thiazole rings is 1. The Balaban J connectivity index is 1.64. The maximum Gasteiger partial charge on any atom is 0.320 e. The van der Waals surface area contributed by atoms with Crippen molar-refractivity contribution in [2.24, 2.45) is 5.92 Å². The predicted molar refractivity (Wildman–Crippen MR) is 127 cm³/mol. The minimum Gasteiger partial charge on any atom is -0.465 e. The summed E-state index contributed by atoms with van der Waals surface area (Å²) in [7, 11) is 0. The van der Waals surface area contributed by atoms with Crippen molar-refractivity contribution in [2.45, 2.75) is 55.2 Å². The van der Waals surface area contributed by atoms with Gasteiger partial charge in [-0.2, -0.15) is 0 Å². The summed E-state index contributed by atoms with van der Waals surface area (Å²) in [5.41, 5.74) is 0.764. The van der Waals surface area contributed by atoms with Crippen molar-refractivity contribution in [3.05, 3.63) is 41.2 Å². The number of unbranched alkanes of at least 4 members (excludes halogenated alkanes) is 4. The lowest BCUT2D eigenvalue weighted by Crippen LogP contribution is -2.45. The summed E-state index contributed by atoms with van der Waals surface area (Å²) in [6.45, 7) is 2.48. The molecule has 1 aromatic carbocycles. The number of thioether (sulfide) groups is 1. The molecule has 31 heavy (non-hydrogen) atoms. The Kier molecular flexibility index (Phi) is 7.30. The molecule has 0 radical (unpaired) electrons. The number of ether oxygens (including phenoxy) is 2. The molecule has 166 valence electrons. The standard InChI is InChI=1S/C21H21Br2NO5S2/c1-2-3-4-5-6-7-28-20(26)17-14-13(16-18(30-17)24-21(27)31-16)11-8-10(22)9-12(23)15(11)29-19(14)25/h8-9,13-14,17H,2-7H2,1H3,(H,24,27)/t13-,14+,17-/m0/s1. The van der Waals surface area contributed by atoms with Gasteiger partial charge in [-0.05, 0) is 34.5 Å². The fourth-order valence-electron chi connectivity index (χ4n) is 3.99. The molecule has 2 aliphatic heterocycles. The van der Waals surface area contributed by atoms with Crippen LogP contribution in [0.2, 0.25) is 0 Å². The third-order valence-corrected chi connectivity index (χ3v) is 8.86. The summed E-state index contributed by atoms with van der Waals surface area (Å²) in [4.78, 5) is 41.5. The molecule has 0 saturated heterocycles. The Labute approximate surface area is 204 Å². The predicted octanol–water partition coefficient (Wildman–Crippen LogP) is 5.62. The highest BCUT2D eigenvalue weighted by Crippen LogP contribution is 2.55. The molecule has 0 fully saturated rings. The van der Waals surface area contributed by atoms with Crippen LogP contribution in [0.15, 0.2) is 30.9 Å². The average molecular weight is 591 g/mol. The molecule has 10 heteroatoms. The topological polar surface area (TPSA) is 85.5 Å². The number of halogens is 2. The zero-order chi connectivity index (χ0) is 22.1. The fourth-order valence-corrected chi connectivity index (χ4v) is 7.79. The molecule has 0 aliphatic carbocycles. The average Bonchev–Trinajstić information content (AvgIpc) is 3.10. The van der Waals surface area contributed by atoms with Crippen LogP contribution in [0.25, 0.3) is 0 Å². The molecular formula is C21H21Br2NO5S2. The van der Waals surface area contributed by atoms with Gasteiger partial charge in [-0.15, -0.1) is 0 Å². The number of esters is 2. The highest BCUT2D eigenvalue weighted by atomic mass is 79.9. The zero-order valence-electron chi connectivity index (χ0n) is 16.7. The van der Waals surface area contributed by atoms with Gasteiger partial charge >= 0.3 is 16.8 Å². The number of benzene rings is 1. The lowest BCUT2D eigenvalue weighted by atomic mass is 9.80. The van der Waals surface area contributed by atoms with E-state index < -0.39 is 29.0 Å². The van der Waals surface area contributed by atoms with Crippen molar-refractivity contribution >= 4 is 66.9 Å². The van der Waals surface area contributed by atoms with Gasteiger partial charge in [0.2, 0.25) is 0 Å². The van der Waals surface area contributed by atoms with Crippen LogP contribution in [0.3, 0.4) is 0 Å². The van der Waals surface area contributed by atoms with Crippen molar-refractivity contribution in [1.29, 1.82) is 0 Å². The number of H-pyrrole nitrogens is 1. The van der Waals surface area contributed by atoms with Gasteiger partial charge < -0.3 is 14.5 Å². The summed E-state index contributed by atoms with van der Waals surface area (Å²) in [5, 5.41) is -0.158. The second-order valence-corrected chi connectivity index (χ2v) is 11.5. The van der Waals surface area contributed by atoms with Crippen LogP contribution in [0, 0.1) is 5.92 Å². The van der Waals surface area contributed by atoms with Gasteiger partial charge in [0.1, 0.15) is 11.0 Å². The van der Waals surface area contributed by atoms with Crippen LogP contribution in [-0.2, 0) is 14.3 Å². The molecule has 0 amide bonds. The van der Waals surface area contributed by atoms with E-state index in [1.807, 2.05) is 6.07 Å². The molecule has 6 nitrogen and oxygen atoms in total. The first kappa shape index (κ1) is 23.1. The molecule has 2 aliphatic rings. The number of hydrogen-bond acceptors (Lipinski definition) is 7. The molecule has 0 saturated carbocycles. The molecule has 4 rings (SSSR count). The number of fused-ring (bicyclic) bond motifs is 5. The Morgan fingerprint density at radius 3 is 2.74 bits per heavy atom. The van der Waals surface area contributed by atoms with Crippen molar-refractivity contribution in [2.75, 3.05) is 6.61 Å². The summed E-state index contributed by atoms with van der Waals surface area (Å²) in [6, 6.07) is 3.68. The fraction of sp³-hybridized carbons (Fsp3) is 0.476. The lowest BCUT2D eigenvalue weighted by Gasteiger charge is -2.38. The van der Waals surface area contributed by atoms with Crippen LogP contribution >= 0.6 is 55.0 Å². The lowest BCUT2D eigenvalue weighted by molar-refractivity contribution is -0.151. The Bertz CT molecular complexity index is 1070. The monoisotopic (exact) mass is 589 g/mol. The Morgan fingerprint density at radius 2 is 1.97 bits per heavy atom. The molecule has 3 heterocycles. The van der Waals surface area contributed by atoms with Crippen LogP contribution in [0.4, 0.5) is 0 Å². The number of carbonyl (C=O) groups is 2. The van der Waals surface area contributed by atoms with E-state index in [9.17, 15) is 14.4 Å². The van der Waals surface area contributed by atoms with E-state index in [-0.39, 0.29) is 4.87 Å². The first-order valence-electron chi connectivity index (χ1n) is 10.2. The van der Waals surface area contributed by atoms with Gasteiger partial charge in [0.25, 0.3) is 0 Å². The number of aromatic amines is 1. The zero-order valence-corrected chi connectivity index (χ0v) is 21.5. The van der Waals surface area contributed by atoms with Gasteiger partial charge in [0.15, 0.2) is 0 Å². The van der Waals surface area contributed by atoms with E-state index in [0.717, 1.165) is 51.9 Å². The van der Waals surface area contributed by atoms with Crippen LogP contribution in [0.1, 0.15) is 55.4 Å². The van der Waals surface area contributed by atoms with Crippen molar-refractivity contribution in [1.82, 2.24) is 4.98 Å². The van der Waals surface area contributed by atoms with E-state index in [1.54, 1.807) is 6.07 Å². The highest BCUT2D eigenvalue weighted by molar-refractivity contribution is 9.11. The number of nitrogens with one attached hydrogen (secondary N) is 1. The number of carbonyl (C=O) groups excluding carboxylic acids is 2. The Morgan fingerprint density at radius 1 is 1.19 bits per heavy atom. The summed E-state index contributed by atoms with van der Waals surface area (Å²) >= 11 is 9.20. The van der Waals surface area contributed by atoms with Gasteiger partial charge in [-0.25, -0.2) is 0 Å². The third kappa shape index (κ3) is 4.67. The third-order valence-electron chi connectivity index (χ3n) is 5.43. The molecule has 3 atom stereocenters. The normalized spacial score (nSPS) is 21.6. The van der Waals surface area contributed by atoms with Crippen molar-refractivity contribution < 1.29 is 19.1 Å². The minimum atomic E-state index is -0.781. The van der Waals surface area contributed by atoms with Crippen LogP contribution in [0.5, 0.6) is 5.75 Å². The first-order valence-corrected chi connectivity index (χ1v) is 13.5. The van der Waals surface area contributed by atoms with E-state index in [4.69, 9.17) is 9.47 Å². The Hall–Kier alpha value is -1.10. The number of rotatable bonds is 7. The van der Waals surface area contributed by atoms with E-state index in [1.165, 1.54) is 18.2 Å². The summed E-state index contributed by atoms with van der Waals surface area (Å²) in [6.07, 6.45) is 5.23.